The van der Waals surface area contributed by atoms with Gasteiger partial charge in [-0.3, -0.25) is 0 Å². The topological polar surface area (TPSA) is 52.6 Å². The molecule has 0 amide bonds. The SMILES string of the molecule is O=C1CC(=O)[O][Tl][O]1. The van der Waals surface area contributed by atoms with Crippen LogP contribution in [0.1, 0.15) is 6.42 Å². The van der Waals surface area contributed by atoms with Crippen molar-refractivity contribution in [2.45, 2.75) is 6.42 Å². The van der Waals surface area contributed by atoms with E-state index in [2.05, 4.69) is 5.37 Å². The predicted molar refractivity (Wildman–Crippen MR) is 22.6 cm³/mol. The van der Waals surface area contributed by atoms with Gasteiger partial charge < -0.3 is 0 Å². The molecule has 1 fully saturated rings. The zero-order chi connectivity index (χ0) is 5.98. The van der Waals surface area contributed by atoms with Gasteiger partial charge in [-0.25, -0.2) is 0 Å². The quantitative estimate of drug-likeness (QED) is 0.426. The third kappa shape index (κ3) is 1.42. The van der Waals surface area contributed by atoms with Crippen molar-refractivity contribution in [1.82, 2.24) is 0 Å². The molecule has 0 radical (unpaired) electrons. The van der Waals surface area contributed by atoms with Crippen LogP contribution < -0.4 is 0 Å². The van der Waals surface area contributed by atoms with Crippen molar-refractivity contribution < 1.29 is 15.0 Å². The number of rotatable bonds is 0. The second-order valence-corrected chi connectivity index (χ2v) is 3.83. The van der Waals surface area contributed by atoms with Gasteiger partial charge in [-0.15, -0.1) is 0 Å². The number of hydrogen-bond acceptors (Lipinski definition) is 4. The molecule has 0 aromatic carbocycles. The van der Waals surface area contributed by atoms with Gasteiger partial charge >= 0.3 is 58.5 Å². The maximum absolute atomic E-state index is 10.2. The van der Waals surface area contributed by atoms with Crippen LogP contribution in [0.15, 0.2) is 0 Å². The van der Waals surface area contributed by atoms with Crippen molar-refractivity contribution in [2.24, 2.45) is 0 Å². The first-order chi connectivity index (χ1) is 3.79. The average Bonchev–Trinajstić information content (AvgIpc) is 1.64. The first-order valence-electron chi connectivity index (χ1n) is 2.00. The molecule has 0 bridgehead atoms. The Balaban J connectivity index is 2.45. The molecule has 0 saturated carbocycles. The second kappa shape index (κ2) is 2.42. The van der Waals surface area contributed by atoms with E-state index in [4.69, 9.17) is 0 Å². The van der Waals surface area contributed by atoms with Crippen molar-refractivity contribution in [3.8, 4) is 0 Å². The van der Waals surface area contributed by atoms with E-state index in [0.717, 1.165) is 0 Å². The Kier molecular flexibility index (Phi) is 1.82. The third-order valence-corrected chi connectivity index (χ3v) is 3.44. The van der Waals surface area contributed by atoms with Gasteiger partial charge in [0.15, 0.2) is 0 Å². The Hall–Kier alpha value is -0.138. The van der Waals surface area contributed by atoms with Crippen molar-refractivity contribution in [2.75, 3.05) is 0 Å². The van der Waals surface area contributed by atoms with Crippen LogP contribution in [0.25, 0.3) is 0 Å². The van der Waals surface area contributed by atoms with E-state index in [1.54, 1.807) is 0 Å². The Morgan fingerprint density at radius 2 is 1.75 bits per heavy atom. The molecule has 0 spiro atoms. The van der Waals surface area contributed by atoms with Crippen LogP contribution in [0, 0.1) is 0 Å². The van der Waals surface area contributed by atoms with Crippen molar-refractivity contribution in [3.63, 3.8) is 0 Å². The number of carbonyl (C=O) groups is 2. The molecular formula is C3H2O4Tl. The Labute approximate surface area is 58.7 Å². The minimum atomic E-state index is -1.82. The Morgan fingerprint density at radius 3 is 2.00 bits per heavy atom. The fourth-order valence-electron chi connectivity index (χ4n) is 0.333. The van der Waals surface area contributed by atoms with Crippen LogP contribution >= 0.6 is 0 Å². The summed E-state index contributed by atoms with van der Waals surface area (Å²) in [5, 5.41) is 0. The molecule has 0 atom stereocenters. The van der Waals surface area contributed by atoms with Gasteiger partial charge in [-0.05, 0) is 0 Å². The maximum atomic E-state index is 10.2. The summed E-state index contributed by atoms with van der Waals surface area (Å²) in [4.78, 5) is 20.4. The van der Waals surface area contributed by atoms with E-state index in [-0.39, 0.29) is 6.42 Å². The molecule has 4 nitrogen and oxygen atoms in total. The van der Waals surface area contributed by atoms with E-state index >= 15 is 0 Å². The number of hydrogen-bond donors (Lipinski definition) is 0. The van der Waals surface area contributed by atoms with Crippen LogP contribution in [0.5, 0.6) is 0 Å². The fourth-order valence-corrected chi connectivity index (χ4v) is 2.00. The van der Waals surface area contributed by atoms with Gasteiger partial charge in [0.25, 0.3) is 0 Å². The summed E-state index contributed by atoms with van der Waals surface area (Å²) >= 11 is -1.82. The molecule has 1 heterocycles. The van der Waals surface area contributed by atoms with Crippen molar-refractivity contribution >= 4 is 37.1 Å². The molecule has 0 unspecified atom stereocenters. The molecule has 0 aromatic heterocycles. The minimum absolute atomic E-state index is 0.198. The van der Waals surface area contributed by atoms with Crippen LogP contribution in [0.2, 0.25) is 0 Å². The monoisotopic (exact) mass is 307 g/mol. The van der Waals surface area contributed by atoms with Crippen molar-refractivity contribution in [1.29, 1.82) is 0 Å². The standard InChI is InChI=1S/C3H4O4.Tl/c4-2(5)1-3(6)7;/h1H2,(H,4,5)(H,6,7);/q;+2/p-2. The summed E-state index contributed by atoms with van der Waals surface area (Å²) < 4.78 is 8.95. The van der Waals surface area contributed by atoms with E-state index < -0.39 is 37.1 Å². The molecule has 1 saturated heterocycles. The van der Waals surface area contributed by atoms with Gasteiger partial charge in [0.1, 0.15) is 0 Å². The molecule has 41 valence electrons. The molecule has 8 heavy (non-hydrogen) atoms. The van der Waals surface area contributed by atoms with Gasteiger partial charge in [0, 0.05) is 0 Å². The molecule has 0 aliphatic carbocycles. The zero-order valence-electron chi connectivity index (χ0n) is 3.92. The summed E-state index contributed by atoms with van der Waals surface area (Å²) in [6.45, 7) is 0. The summed E-state index contributed by atoms with van der Waals surface area (Å²) in [6.07, 6.45) is -0.198. The first-order valence-corrected chi connectivity index (χ1v) is 5.66. The predicted octanol–water partition coefficient (Wildman–Crippen LogP) is -0.989. The normalized spacial score (nSPS) is 17.5. The second-order valence-electron chi connectivity index (χ2n) is 1.25. The van der Waals surface area contributed by atoms with E-state index in [1.165, 1.54) is 0 Å². The van der Waals surface area contributed by atoms with E-state index in [1.807, 2.05) is 0 Å². The van der Waals surface area contributed by atoms with Gasteiger partial charge in [-0.2, -0.15) is 0 Å². The van der Waals surface area contributed by atoms with Gasteiger partial charge in [0.05, 0.1) is 0 Å². The molecule has 1 aliphatic rings. The molecule has 0 N–H and O–H groups in total. The average molecular weight is 306 g/mol. The van der Waals surface area contributed by atoms with Crippen LogP contribution in [0.3, 0.4) is 0 Å². The molecule has 1 aliphatic heterocycles. The van der Waals surface area contributed by atoms with E-state index in [0.29, 0.717) is 0 Å². The molecular weight excluding hydrogens is 304 g/mol. The van der Waals surface area contributed by atoms with Gasteiger partial charge in [-0.1, -0.05) is 0 Å². The van der Waals surface area contributed by atoms with Crippen LogP contribution in [0.4, 0.5) is 0 Å². The van der Waals surface area contributed by atoms with Crippen LogP contribution in [-0.4, -0.2) is 37.1 Å². The van der Waals surface area contributed by atoms with Gasteiger partial charge in [0.2, 0.25) is 0 Å². The van der Waals surface area contributed by atoms with E-state index in [9.17, 15) is 9.59 Å². The fraction of sp³-hybridized carbons (Fsp3) is 0.333. The van der Waals surface area contributed by atoms with Crippen molar-refractivity contribution in [3.05, 3.63) is 0 Å². The molecule has 1 rings (SSSR count). The molecule has 5 heteroatoms. The summed E-state index contributed by atoms with van der Waals surface area (Å²) in [5.74, 6) is -0.840. The molecule has 0 aromatic rings. The Bertz CT molecular complexity index is 117. The zero-order valence-corrected chi connectivity index (χ0v) is 8.41. The van der Waals surface area contributed by atoms with Crippen LogP contribution in [-0.2, 0) is 15.0 Å². The third-order valence-electron chi connectivity index (χ3n) is 0.648. The number of carbonyl (C=O) groups excluding carboxylic acids is 2. The summed E-state index contributed by atoms with van der Waals surface area (Å²) in [7, 11) is 0. The Morgan fingerprint density at radius 1 is 1.25 bits per heavy atom. The first kappa shape index (κ1) is 5.99. The summed E-state index contributed by atoms with van der Waals surface area (Å²) in [5.41, 5.74) is 0. The summed E-state index contributed by atoms with van der Waals surface area (Å²) in [6, 6.07) is 0.